The fourth-order valence-corrected chi connectivity index (χ4v) is 7.99. The van der Waals surface area contributed by atoms with E-state index in [2.05, 4.69) is 11.5 Å². The summed E-state index contributed by atoms with van der Waals surface area (Å²) in [5, 5.41) is 15.9. The first kappa shape index (κ1) is 34.8. The Kier molecular flexibility index (Phi) is 9.68. The second-order valence-corrected chi connectivity index (χ2v) is 13.7. The molecule has 0 radical (unpaired) electrons. The Morgan fingerprint density at radius 1 is 1.12 bits per heavy atom. The number of thiophene rings is 1. The average Bonchev–Trinajstić information content (AvgIpc) is 3.74. The summed E-state index contributed by atoms with van der Waals surface area (Å²) in [4.78, 5) is 26.5. The van der Waals surface area contributed by atoms with Crippen molar-refractivity contribution in [2.24, 2.45) is 0 Å². The Hall–Kier alpha value is -4.63. The number of aliphatic hydroxyl groups excluding tert-OH is 1. The van der Waals surface area contributed by atoms with Crippen molar-refractivity contribution >= 4 is 27.3 Å². The van der Waals surface area contributed by atoms with Gasteiger partial charge >= 0.3 is 0 Å². The second kappa shape index (κ2) is 14.2. The van der Waals surface area contributed by atoms with E-state index >= 15 is 8.78 Å². The molecule has 1 amide bonds. The minimum atomic E-state index is -0.960. The highest BCUT2D eigenvalue weighted by Crippen LogP contribution is 2.48. The smallest absolute Gasteiger partial charge is 0.246 e. The van der Waals surface area contributed by atoms with Gasteiger partial charge in [0.05, 0.1) is 46.9 Å². The summed E-state index contributed by atoms with van der Waals surface area (Å²) in [5.41, 5.74) is 4.02. The molecule has 1 N–H and O–H groups in total. The molecule has 10 nitrogen and oxygen atoms in total. The molecule has 2 atom stereocenters. The van der Waals surface area contributed by atoms with Crippen LogP contribution in [0, 0.1) is 17.5 Å². The Balaban J connectivity index is 1.50. The van der Waals surface area contributed by atoms with Gasteiger partial charge in [0.1, 0.15) is 41.2 Å². The number of amides is 1. The maximum absolute atomic E-state index is 16.3. The highest BCUT2D eigenvalue weighted by atomic mass is 32.1. The summed E-state index contributed by atoms with van der Waals surface area (Å²) in [7, 11) is 1.48. The van der Waals surface area contributed by atoms with Gasteiger partial charge in [-0.25, -0.2) is 18.2 Å². The molecule has 2 aliphatic heterocycles. The molecule has 14 heteroatoms. The van der Waals surface area contributed by atoms with Gasteiger partial charge in [0.25, 0.3) is 0 Å². The summed E-state index contributed by atoms with van der Waals surface area (Å²) in [6.07, 6.45) is 3.70. The molecular weight excluding hydrogens is 682 g/mol. The fraction of sp³-hybridized carbons (Fsp3) is 0.351. The van der Waals surface area contributed by atoms with Crippen molar-refractivity contribution in [3.63, 3.8) is 0 Å². The monoisotopic (exact) mass is 718 g/mol. The predicted molar refractivity (Wildman–Crippen MR) is 188 cm³/mol. The van der Waals surface area contributed by atoms with Crippen molar-refractivity contribution < 1.29 is 32.5 Å². The fourth-order valence-electron chi connectivity index (χ4n) is 7.06. The van der Waals surface area contributed by atoms with E-state index in [0.717, 1.165) is 41.3 Å². The number of pyridine rings is 2. The van der Waals surface area contributed by atoms with Gasteiger partial charge in [-0.2, -0.15) is 5.10 Å². The van der Waals surface area contributed by atoms with E-state index in [9.17, 15) is 14.3 Å². The first-order valence-electron chi connectivity index (χ1n) is 16.7. The summed E-state index contributed by atoms with van der Waals surface area (Å²) >= 11 is 1.12. The average molecular weight is 719 g/mol. The molecule has 5 aromatic rings. The number of hydrogen-bond donors (Lipinski definition) is 1. The molecule has 7 rings (SSSR count). The number of carbonyl (C=O) groups excluding carboxylic acids is 1. The van der Waals surface area contributed by atoms with Crippen molar-refractivity contribution in [2.45, 2.75) is 38.9 Å². The maximum atomic E-state index is 16.3. The first-order chi connectivity index (χ1) is 24.6. The van der Waals surface area contributed by atoms with Crippen LogP contribution in [0.1, 0.15) is 42.9 Å². The standard InChI is InChI=1S/C37H37F3N6O4S/c1-5-31(48)45-17-20(2)46-29(21(45)3)15-28(43-46)36-34(32-25(39)13-24(38)14-30(32)50-11-10-49-4)33-26(40)19-51-37(33)35(42-36)22-12-23-18-44(8-9-47)7-6-27(23)41-16-22/h5,12-16,19-21,47H,1,6-11,17-18H2,2-4H3. The van der Waals surface area contributed by atoms with Crippen molar-refractivity contribution in [1.29, 1.82) is 0 Å². The lowest BCUT2D eigenvalue weighted by molar-refractivity contribution is -0.129. The predicted octanol–water partition coefficient (Wildman–Crippen LogP) is 6.33. The zero-order chi connectivity index (χ0) is 36.0. The molecule has 0 saturated heterocycles. The number of hydrogen-bond acceptors (Lipinski definition) is 9. The van der Waals surface area contributed by atoms with Gasteiger partial charge in [-0.3, -0.25) is 19.4 Å². The molecule has 0 fully saturated rings. The number of ether oxygens (including phenoxy) is 2. The van der Waals surface area contributed by atoms with Gasteiger partial charge in [-0.15, -0.1) is 11.3 Å². The van der Waals surface area contributed by atoms with Gasteiger partial charge in [0, 0.05) is 85.6 Å². The van der Waals surface area contributed by atoms with Gasteiger partial charge in [-0.1, -0.05) is 6.58 Å². The van der Waals surface area contributed by atoms with Crippen LogP contribution in [0.2, 0.25) is 0 Å². The molecule has 2 unspecified atom stereocenters. The molecule has 4 aromatic heterocycles. The number of β-amino-alcohol motifs (C(OH)–C–C–N with tert-alkyl or cyclic N) is 1. The highest BCUT2D eigenvalue weighted by Gasteiger charge is 2.34. The van der Waals surface area contributed by atoms with Crippen LogP contribution in [0.4, 0.5) is 13.2 Å². The normalized spacial score (nSPS) is 17.4. The molecule has 1 aromatic carbocycles. The van der Waals surface area contributed by atoms with Gasteiger partial charge < -0.3 is 19.5 Å². The Labute approximate surface area is 296 Å². The van der Waals surface area contributed by atoms with Crippen LogP contribution >= 0.6 is 11.3 Å². The lowest BCUT2D eigenvalue weighted by atomic mass is 9.94. The Bertz CT molecular complexity index is 2150. The van der Waals surface area contributed by atoms with E-state index in [1.165, 1.54) is 18.6 Å². The second-order valence-electron chi connectivity index (χ2n) is 12.8. The van der Waals surface area contributed by atoms with Crippen LogP contribution in [0.15, 0.2) is 48.5 Å². The van der Waals surface area contributed by atoms with E-state index in [1.807, 2.05) is 19.9 Å². The van der Waals surface area contributed by atoms with E-state index in [-0.39, 0.29) is 65.8 Å². The minimum Gasteiger partial charge on any atom is -0.490 e. The Morgan fingerprint density at radius 2 is 1.94 bits per heavy atom. The summed E-state index contributed by atoms with van der Waals surface area (Å²) in [5.74, 6) is -2.80. The zero-order valence-corrected chi connectivity index (χ0v) is 29.3. The third kappa shape index (κ3) is 6.30. The summed E-state index contributed by atoms with van der Waals surface area (Å²) in [6.45, 7) is 9.88. The number of halogens is 3. The summed E-state index contributed by atoms with van der Waals surface area (Å²) in [6, 6.07) is 4.93. The third-order valence-electron chi connectivity index (χ3n) is 9.53. The number of benzene rings is 1. The minimum absolute atomic E-state index is 0.0163. The zero-order valence-electron chi connectivity index (χ0n) is 28.5. The van der Waals surface area contributed by atoms with Gasteiger partial charge in [0.15, 0.2) is 0 Å². The molecule has 51 heavy (non-hydrogen) atoms. The molecule has 0 bridgehead atoms. The summed E-state index contributed by atoms with van der Waals surface area (Å²) < 4.78 is 60.4. The largest absolute Gasteiger partial charge is 0.490 e. The number of nitrogens with zero attached hydrogens (tertiary/aromatic N) is 6. The molecule has 0 spiro atoms. The lowest BCUT2D eigenvalue weighted by Crippen LogP contribution is -2.42. The van der Waals surface area contributed by atoms with Gasteiger partial charge in [0.2, 0.25) is 5.91 Å². The SMILES string of the molecule is C=CC(=O)N1CC(C)n2nc(-c3nc(-c4cnc5c(c4)CN(CCO)CC5)c4scc(F)c4c3-c3c(F)cc(F)cc3OCCOC)cc2C1C. The quantitative estimate of drug-likeness (QED) is 0.132. The van der Waals surface area contributed by atoms with Crippen LogP contribution < -0.4 is 4.74 Å². The molecule has 0 saturated carbocycles. The van der Waals surface area contributed by atoms with E-state index in [1.54, 1.807) is 21.8 Å². The van der Waals surface area contributed by atoms with Crippen LogP contribution in [-0.2, 0) is 22.5 Å². The van der Waals surface area contributed by atoms with E-state index in [4.69, 9.17) is 24.5 Å². The van der Waals surface area contributed by atoms with E-state index in [0.29, 0.717) is 53.4 Å². The Morgan fingerprint density at radius 3 is 2.71 bits per heavy atom. The highest BCUT2D eigenvalue weighted by molar-refractivity contribution is 7.17. The number of aromatic nitrogens is 4. The number of methoxy groups -OCH3 is 1. The van der Waals surface area contributed by atoms with E-state index < -0.39 is 17.5 Å². The van der Waals surface area contributed by atoms with Crippen molar-refractivity contribution in [1.82, 2.24) is 29.5 Å². The van der Waals surface area contributed by atoms with Crippen LogP contribution in [0.3, 0.4) is 0 Å². The van der Waals surface area contributed by atoms with Crippen molar-refractivity contribution in [3.8, 4) is 39.5 Å². The van der Waals surface area contributed by atoms with Crippen molar-refractivity contribution in [3.05, 3.63) is 82.9 Å². The lowest BCUT2D eigenvalue weighted by Gasteiger charge is -2.36. The molecular formula is C37H37F3N6O4S. The van der Waals surface area contributed by atoms with Crippen LogP contribution in [-0.4, -0.2) is 87.1 Å². The number of aliphatic hydroxyl groups is 1. The molecule has 6 heterocycles. The number of rotatable bonds is 10. The topological polar surface area (TPSA) is 106 Å². The van der Waals surface area contributed by atoms with Gasteiger partial charge in [-0.05, 0) is 37.6 Å². The van der Waals surface area contributed by atoms with Crippen LogP contribution in [0.5, 0.6) is 5.75 Å². The third-order valence-corrected chi connectivity index (χ3v) is 10.5. The van der Waals surface area contributed by atoms with Crippen molar-refractivity contribution in [2.75, 3.05) is 46.6 Å². The molecule has 0 aliphatic carbocycles. The maximum Gasteiger partial charge on any atom is 0.246 e. The van der Waals surface area contributed by atoms with Crippen LogP contribution in [0.25, 0.3) is 43.9 Å². The first-order valence-corrected chi connectivity index (χ1v) is 17.6. The molecule has 2 aliphatic rings. The molecule has 266 valence electrons. The number of carbonyl (C=O) groups is 1. The number of fused-ring (bicyclic) bond motifs is 3.